The fraction of sp³-hybridized carbons (Fsp3) is 0.897. The van der Waals surface area contributed by atoms with Crippen LogP contribution in [0, 0.1) is 29.6 Å². The average molecular weight is 523 g/mol. The van der Waals surface area contributed by atoms with Crippen molar-refractivity contribution >= 4 is 22.4 Å². The molecule has 0 heterocycles. The maximum absolute atomic E-state index is 15.7. The van der Waals surface area contributed by atoms with Crippen LogP contribution in [0.4, 0.5) is 4.39 Å². The number of alkyl halides is 1. The normalized spacial score (nSPS) is 31.7. The van der Waals surface area contributed by atoms with E-state index in [9.17, 15) is 4.79 Å². The average Bonchev–Trinajstić information content (AvgIpc) is 2.73. The van der Waals surface area contributed by atoms with Crippen molar-refractivity contribution in [2.24, 2.45) is 17.8 Å². The fourth-order valence-corrected chi connectivity index (χ4v) is 7.98. The number of hydrogen-bond acceptors (Lipinski definition) is 3. The molecule has 0 saturated heterocycles. The summed E-state index contributed by atoms with van der Waals surface area (Å²) in [6.07, 6.45) is 6.98. The number of halogens is 1. The Morgan fingerprint density at radius 1 is 0.943 bits per heavy atom. The van der Waals surface area contributed by atoms with Crippen molar-refractivity contribution in [1.29, 1.82) is 0 Å². The molecule has 0 unspecified atom stereocenters. The van der Waals surface area contributed by atoms with Crippen molar-refractivity contribution < 1.29 is 18.0 Å². The van der Waals surface area contributed by atoms with Gasteiger partial charge < -0.3 is 8.85 Å². The van der Waals surface area contributed by atoms with Crippen molar-refractivity contribution in [2.75, 3.05) is 0 Å². The summed E-state index contributed by atoms with van der Waals surface area (Å²) in [5.41, 5.74) is -1.70. The van der Waals surface area contributed by atoms with Gasteiger partial charge in [0.25, 0.3) is 0 Å². The lowest BCUT2D eigenvalue weighted by molar-refractivity contribution is -0.163. The maximum atomic E-state index is 15.7. The zero-order valence-electron chi connectivity index (χ0n) is 24.1. The Labute approximate surface area is 217 Å². The lowest BCUT2D eigenvalue weighted by Gasteiger charge is -2.52. The number of hydrogen-bond donors (Lipinski definition) is 0. The molecule has 0 aromatic heterocycles. The van der Waals surface area contributed by atoms with Gasteiger partial charge in [0.1, 0.15) is 6.10 Å². The van der Waals surface area contributed by atoms with Gasteiger partial charge in [0.05, 0.1) is 12.0 Å². The summed E-state index contributed by atoms with van der Waals surface area (Å²) in [6, 6.07) is 0. The molecule has 0 aromatic rings. The Balaban J connectivity index is 1.93. The highest BCUT2D eigenvalue weighted by Gasteiger charge is 2.62. The maximum Gasteiger partial charge on any atom is 0.193 e. The number of fused-ring (bicyclic) bond motifs is 1. The first kappa shape index (κ1) is 29.1. The van der Waals surface area contributed by atoms with Crippen LogP contribution in [0.25, 0.3) is 0 Å². The molecule has 3 nitrogen and oxygen atoms in total. The number of carbonyl (C=O) groups excluding carboxylic acids is 1. The number of carbonyl (C=O) groups is 1. The van der Waals surface area contributed by atoms with Crippen molar-refractivity contribution in [3.63, 3.8) is 0 Å². The van der Waals surface area contributed by atoms with Crippen LogP contribution in [-0.2, 0) is 13.6 Å². The molecule has 3 saturated carbocycles. The second-order valence-corrected chi connectivity index (χ2v) is 24.1. The Bertz CT molecular complexity index is 839. The summed E-state index contributed by atoms with van der Waals surface area (Å²) < 4.78 is 29.4. The van der Waals surface area contributed by atoms with Gasteiger partial charge in [-0.05, 0) is 67.9 Å². The molecule has 0 bridgehead atoms. The van der Waals surface area contributed by atoms with E-state index in [4.69, 9.17) is 8.85 Å². The van der Waals surface area contributed by atoms with E-state index in [0.29, 0.717) is 18.8 Å². The highest BCUT2D eigenvalue weighted by molar-refractivity contribution is 6.74. The third-order valence-electron chi connectivity index (χ3n) is 10.0. The highest BCUT2D eigenvalue weighted by atomic mass is 28.4. The molecule has 3 rings (SSSR count). The molecule has 0 amide bonds. The van der Waals surface area contributed by atoms with E-state index in [-0.39, 0.29) is 46.3 Å². The zero-order chi connectivity index (χ0) is 26.4. The zero-order valence-corrected chi connectivity index (χ0v) is 26.1. The number of rotatable bonds is 5. The lowest BCUT2D eigenvalue weighted by atomic mass is 9.57. The molecule has 0 aromatic carbocycles. The molecule has 0 aliphatic heterocycles. The molecule has 3 aliphatic carbocycles. The molecule has 0 spiro atoms. The van der Waals surface area contributed by atoms with Gasteiger partial charge in [0.2, 0.25) is 0 Å². The Hall–Kier alpha value is -0.486. The third kappa shape index (κ3) is 5.99. The second kappa shape index (κ2) is 10.0. The van der Waals surface area contributed by atoms with E-state index in [1.54, 1.807) is 0 Å². The Kier molecular flexibility index (Phi) is 8.31. The molecule has 0 radical (unpaired) electrons. The number of ketones is 1. The standard InChI is InChI=1S/C29H51FO3Si2/c1-27(2,3)34(7,8)32-24(21-14-12-11-13-15-21)17-16-22-23-20-26(31)29(23,30)19-18-25(22)33-35(9,10)28(4,5)6/h21-25H,11-15,18-20H2,1-10H3/t22-,23-,24-,25-,29-/m1/s1. The van der Waals surface area contributed by atoms with Crippen molar-refractivity contribution in [3.8, 4) is 11.8 Å². The summed E-state index contributed by atoms with van der Waals surface area (Å²) in [7, 11) is -4.07. The molecule has 6 heteroatoms. The summed E-state index contributed by atoms with van der Waals surface area (Å²) in [5.74, 6) is 6.74. The quantitative estimate of drug-likeness (QED) is 0.270. The van der Waals surface area contributed by atoms with Crippen LogP contribution in [-0.4, -0.2) is 40.3 Å². The van der Waals surface area contributed by atoms with Gasteiger partial charge in [-0.25, -0.2) is 4.39 Å². The predicted molar refractivity (Wildman–Crippen MR) is 148 cm³/mol. The van der Waals surface area contributed by atoms with Gasteiger partial charge in [-0.3, -0.25) is 4.79 Å². The van der Waals surface area contributed by atoms with Crippen molar-refractivity contribution in [1.82, 2.24) is 0 Å². The first-order chi connectivity index (χ1) is 15.9. The summed E-state index contributed by atoms with van der Waals surface area (Å²) in [4.78, 5) is 12.3. The van der Waals surface area contributed by atoms with Crippen molar-refractivity contribution in [2.45, 2.75) is 147 Å². The second-order valence-electron chi connectivity index (χ2n) is 14.6. The van der Waals surface area contributed by atoms with Gasteiger partial charge in [-0.1, -0.05) is 72.6 Å². The van der Waals surface area contributed by atoms with Gasteiger partial charge in [0, 0.05) is 12.3 Å². The fourth-order valence-electron chi connectivity index (χ4n) is 5.37. The van der Waals surface area contributed by atoms with Crippen LogP contribution in [0.5, 0.6) is 0 Å². The van der Waals surface area contributed by atoms with E-state index in [2.05, 4.69) is 79.6 Å². The molecule has 3 aliphatic rings. The van der Waals surface area contributed by atoms with E-state index < -0.39 is 22.3 Å². The SMILES string of the molecule is CC(C)(C)[Si](C)(C)O[C@H](C#C[C@@H]1[C@H]2CC(=O)[C@@]2(F)CC[C@H]1O[Si](C)(C)C(C)(C)C)C1CCCCC1. The van der Waals surface area contributed by atoms with Crippen LogP contribution in [0.15, 0.2) is 0 Å². The van der Waals surface area contributed by atoms with Gasteiger partial charge in [-0.15, -0.1) is 0 Å². The van der Waals surface area contributed by atoms with Gasteiger partial charge in [0.15, 0.2) is 28.1 Å². The molecular weight excluding hydrogens is 471 g/mol. The van der Waals surface area contributed by atoms with Crippen LogP contribution in [0.2, 0.25) is 36.3 Å². The minimum atomic E-state index is -2.05. The van der Waals surface area contributed by atoms with Gasteiger partial charge >= 0.3 is 0 Å². The summed E-state index contributed by atoms with van der Waals surface area (Å²) in [6.45, 7) is 22.6. The van der Waals surface area contributed by atoms with Crippen LogP contribution in [0.3, 0.4) is 0 Å². The largest absolute Gasteiger partial charge is 0.413 e. The Morgan fingerprint density at radius 2 is 1.51 bits per heavy atom. The van der Waals surface area contributed by atoms with E-state index >= 15 is 4.39 Å². The summed E-state index contributed by atoms with van der Waals surface area (Å²) in [5, 5.41) is 0.176. The smallest absolute Gasteiger partial charge is 0.193 e. The van der Waals surface area contributed by atoms with Crippen LogP contribution < -0.4 is 0 Å². The lowest BCUT2D eigenvalue weighted by Crippen LogP contribution is -2.62. The van der Waals surface area contributed by atoms with Gasteiger partial charge in [-0.2, -0.15) is 0 Å². The first-order valence-electron chi connectivity index (χ1n) is 14.0. The molecule has 35 heavy (non-hydrogen) atoms. The van der Waals surface area contributed by atoms with Crippen LogP contribution >= 0.6 is 0 Å². The van der Waals surface area contributed by atoms with E-state index in [1.807, 2.05) is 0 Å². The Morgan fingerprint density at radius 3 is 2.03 bits per heavy atom. The van der Waals surface area contributed by atoms with E-state index in [0.717, 1.165) is 12.8 Å². The van der Waals surface area contributed by atoms with Crippen LogP contribution in [0.1, 0.15) is 92.9 Å². The minimum Gasteiger partial charge on any atom is -0.413 e. The number of Topliss-reactive ketones (excluding diaryl/α,β-unsaturated/α-hetero) is 1. The monoisotopic (exact) mass is 522 g/mol. The predicted octanol–water partition coefficient (Wildman–Crippen LogP) is 8.06. The molecule has 5 atom stereocenters. The molecule has 200 valence electrons. The molecular formula is C29H51FO3Si2. The topological polar surface area (TPSA) is 35.5 Å². The molecule has 3 fully saturated rings. The first-order valence-corrected chi connectivity index (χ1v) is 19.8. The molecule has 0 N–H and O–H groups in total. The summed E-state index contributed by atoms with van der Waals surface area (Å²) >= 11 is 0. The highest BCUT2D eigenvalue weighted by Crippen LogP contribution is 2.53. The minimum absolute atomic E-state index is 0.0702. The van der Waals surface area contributed by atoms with Crippen molar-refractivity contribution in [3.05, 3.63) is 0 Å². The third-order valence-corrected chi connectivity index (χ3v) is 19.0. The van der Waals surface area contributed by atoms with E-state index in [1.165, 1.54) is 19.3 Å².